The maximum absolute atomic E-state index is 12.6. The molecule has 3 rings (SSSR count). The van der Waals surface area contributed by atoms with Crippen LogP contribution in [0.4, 0.5) is 0 Å². The van der Waals surface area contributed by atoms with E-state index in [1.165, 1.54) is 6.92 Å². The molecule has 0 aromatic rings. The van der Waals surface area contributed by atoms with Crippen LogP contribution in [0.25, 0.3) is 0 Å². The quantitative estimate of drug-likeness (QED) is 0.103. The van der Waals surface area contributed by atoms with Crippen molar-refractivity contribution in [1.82, 2.24) is 21.3 Å². The number of ether oxygens (including phenoxy) is 5. The Hall–Kier alpha value is -3.54. The monoisotopic (exact) mass is 679 g/mol. The summed E-state index contributed by atoms with van der Waals surface area (Å²) in [5.41, 5.74) is 6.04. The highest BCUT2D eigenvalue weighted by molar-refractivity contribution is 5.77. The Morgan fingerprint density at radius 1 is 0.596 bits per heavy atom. The van der Waals surface area contributed by atoms with Gasteiger partial charge in [-0.1, -0.05) is 0 Å². The molecule has 0 saturated carbocycles. The van der Waals surface area contributed by atoms with Crippen molar-refractivity contribution in [2.75, 3.05) is 0 Å². The summed E-state index contributed by atoms with van der Waals surface area (Å²) in [7, 11) is 0. The van der Waals surface area contributed by atoms with E-state index in [1.54, 1.807) is 0 Å². The predicted molar refractivity (Wildman–Crippen MR) is 149 cm³/mol. The first-order valence-corrected chi connectivity index (χ1v) is 14.4. The standard InChI is InChI=1S/C26H41N5O16/c1-6-16(36)18(15(24(42)43-6)31-10(5)35)44-26-14(30-9(4)34)13(29-8(3)33)19(21(47-26)23(40)41)45-25-12(28-7(2)32)11(27)17(37)20(46-25)22(38)39/h6,11-21,24-26,36-37,42H,27H2,1-5H3,(H,28,32)(H,29,33)(H,30,34)(H,31,35)(H,38,39)(H,40,41)/t6-,11-,12+,13-,14+,15-,16+,17+,18-,19+,20-,21+,24?,25-,26-/m1/s1. The van der Waals surface area contributed by atoms with E-state index in [0.717, 1.165) is 27.7 Å². The number of rotatable bonds is 10. The van der Waals surface area contributed by atoms with Gasteiger partial charge in [0.05, 0.1) is 24.2 Å². The van der Waals surface area contributed by atoms with Gasteiger partial charge in [-0.05, 0) is 6.92 Å². The van der Waals surface area contributed by atoms with Gasteiger partial charge in [-0.25, -0.2) is 9.59 Å². The van der Waals surface area contributed by atoms with Crippen LogP contribution in [0.3, 0.4) is 0 Å². The molecule has 3 aliphatic rings. The van der Waals surface area contributed by atoms with Crippen LogP contribution in [-0.4, -0.2) is 153 Å². The minimum absolute atomic E-state index is 0.659. The first kappa shape index (κ1) is 37.9. The van der Waals surface area contributed by atoms with E-state index in [2.05, 4.69) is 21.3 Å². The van der Waals surface area contributed by atoms with Gasteiger partial charge < -0.3 is 76.2 Å². The molecule has 21 heteroatoms. The van der Waals surface area contributed by atoms with E-state index in [4.69, 9.17) is 29.4 Å². The summed E-state index contributed by atoms with van der Waals surface area (Å²) in [6.45, 7) is 5.70. The number of aliphatic carboxylic acids is 2. The Balaban J connectivity index is 2.09. The second kappa shape index (κ2) is 15.6. The van der Waals surface area contributed by atoms with E-state index < -0.39 is 127 Å². The van der Waals surface area contributed by atoms with E-state index >= 15 is 0 Å². The van der Waals surface area contributed by atoms with E-state index in [1.807, 2.05) is 0 Å². The van der Waals surface area contributed by atoms with Gasteiger partial charge in [0.15, 0.2) is 31.1 Å². The van der Waals surface area contributed by atoms with Crippen molar-refractivity contribution in [3.05, 3.63) is 0 Å². The number of amides is 4. The molecule has 21 nitrogen and oxygen atoms in total. The van der Waals surface area contributed by atoms with Gasteiger partial charge in [-0.15, -0.1) is 0 Å². The van der Waals surface area contributed by atoms with Crippen molar-refractivity contribution < 1.29 is 78.0 Å². The molecule has 3 fully saturated rings. The van der Waals surface area contributed by atoms with Crippen molar-refractivity contribution in [1.29, 1.82) is 0 Å². The summed E-state index contributed by atoms with van der Waals surface area (Å²) >= 11 is 0. The molecule has 4 amide bonds. The summed E-state index contributed by atoms with van der Waals surface area (Å²) in [4.78, 5) is 73.2. The predicted octanol–water partition coefficient (Wildman–Crippen LogP) is -5.82. The van der Waals surface area contributed by atoms with Gasteiger partial charge >= 0.3 is 11.9 Å². The third-order valence-corrected chi connectivity index (χ3v) is 7.69. The lowest BCUT2D eigenvalue weighted by Gasteiger charge is -2.50. The van der Waals surface area contributed by atoms with Gasteiger partial charge in [0.1, 0.15) is 36.5 Å². The molecule has 3 saturated heterocycles. The smallest absolute Gasteiger partial charge is 0.335 e. The molecule has 0 aliphatic carbocycles. The number of carbonyl (C=O) groups is 6. The highest BCUT2D eigenvalue weighted by Gasteiger charge is 2.56. The third kappa shape index (κ3) is 8.88. The minimum atomic E-state index is -2.10. The number of nitrogens with one attached hydrogen (secondary N) is 4. The average Bonchev–Trinajstić information content (AvgIpc) is 2.94. The van der Waals surface area contributed by atoms with Crippen LogP contribution in [-0.2, 0) is 52.5 Å². The highest BCUT2D eigenvalue weighted by Crippen LogP contribution is 2.32. The molecule has 3 aliphatic heterocycles. The lowest BCUT2D eigenvalue weighted by Crippen LogP contribution is -2.74. The number of nitrogens with two attached hydrogens (primary N) is 1. The number of aliphatic hydroxyl groups excluding tert-OH is 3. The molecular formula is C26H41N5O16. The van der Waals surface area contributed by atoms with Gasteiger partial charge in [-0.3, -0.25) is 19.2 Å². The Kier molecular flexibility index (Phi) is 12.6. The molecule has 0 radical (unpaired) electrons. The van der Waals surface area contributed by atoms with E-state index in [0.29, 0.717) is 0 Å². The van der Waals surface area contributed by atoms with Crippen molar-refractivity contribution >= 4 is 35.6 Å². The minimum Gasteiger partial charge on any atom is -0.479 e. The molecule has 0 aromatic heterocycles. The molecule has 0 aromatic carbocycles. The Morgan fingerprint density at radius 3 is 1.53 bits per heavy atom. The Labute approximate surface area is 267 Å². The molecule has 11 N–H and O–H groups in total. The fraction of sp³-hybridized carbons (Fsp3) is 0.769. The molecule has 1 unspecified atom stereocenters. The average molecular weight is 680 g/mol. The van der Waals surface area contributed by atoms with Crippen molar-refractivity contribution in [2.24, 2.45) is 5.73 Å². The fourth-order valence-corrected chi connectivity index (χ4v) is 5.65. The molecule has 266 valence electrons. The Morgan fingerprint density at radius 2 is 1.02 bits per heavy atom. The van der Waals surface area contributed by atoms with Gasteiger partial charge in [0.2, 0.25) is 23.6 Å². The number of carboxylic acids is 2. The number of carbonyl (C=O) groups excluding carboxylic acids is 4. The summed E-state index contributed by atoms with van der Waals surface area (Å²) in [6, 6.07) is -7.51. The lowest BCUT2D eigenvalue weighted by atomic mass is 9.91. The van der Waals surface area contributed by atoms with Crippen molar-refractivity contribution in [3.63, 3.8) is 0 Å². The Bertz CT molecular complexity index is 1210. The summed E-state index contributed by atoms with van der Waals surface area (Å²) < 4.78 is 28.3. The SMILES string of the molecule is CC(=O)N[C@@H]1[C@H](O[C@H]2[C@H](NC(C)=O)[C@H](NC(C)=O)[C@H](O[C@H]3[C@@H](O)[C@@H](C)OC(O)[C@@H]3NC(C)=O)O[C@@H]2C(=O)O)O[C@@H](C(=O)O)[C@@H](O)[C@@H]1N. The van der Waals surface area contributed by atoms with Crippen LogP contribution in [0.5, 0.6) is 0 Å². The van der Waals surface area contributed by atoms with Crippen LogP contribution in [0.15, 0.2) is 0 Å². The van der Waals surface area contributed by atoms with Crippen LogP contribution in [0, 0.1) is 0 Å². The summed E-state index contributed by atoms with van der Waals surface area (Å²) in [6.07, 6.45) is -17.4. The van der Waals surface area contributed by atoms with E-state index in [-0.39, 0.29) is 0 Å². The third-order valence-electron chi connectivity index (χ3n) is 7.69. The maximum atomic E-state index is 12.6. The molecular weight excluding hydrogens is 638 g/mol. The molecule has 0 bridgehead atoms. The van der Waals surface area contributed by atoms with E-state index in [9.17, 15) is 54.3 Å². The molecule has 3 heterocycles. The molecule has 47 heavy (non-hydrogen) atoms. The van der Waals surface area contributed by atoms with Crippen LogP contribution in [0.2, 0.25) is 0 Å². The second-order valence-electron chi connectivity index (χ2n) is 11.4. The van der Waals surface area contributed by atoms with Crippen LogP contribution in [0.1, 0.15) is 34.6 Å². The number of hydrogen-bond donors (Lipinski definition) is 10. The number of hydrogen-bond acceptors (Lipinski definition) is 15. The van der Waals surface area contributed by atoms with Crippen LogP contribution >= 0.6 is 0 Å². The topological polar surface area (TPSA) is 324 Å². The van der Waals surface area contributed by atoms with Gasteiger partial charge in [0.25, 0.3) is 0 Å². The van der Waals surface area contributed by atoms with Crippen molar-refractivity contribution in [2.45, 2.75) is 126 Å². The summed E-state index contributed by atoms with van der Waals surface area (Å²) in [5, 5.41) is 61.4. The van der Waals surface area contributed by atoms with Gasteiger partial charge in [0, 0.05) is 27.7 Å². The van der Waals surface area contributed by atoms with Crippen molar-refractivity contribution in [3.8, 4) is 0 Å². The highest BCUT2D eigenvalue weighted by atomic mass is 16.7. The zero-order valence-corrected chi connectivity index (χ0v) is 26.0. The zero-order valence-electron chi connectivity index (χ0n) is 26.0. The maximum Gasteiger partial charge on any atom is 0.335 e. The lowest BCUT2D eigenvalue weighted by molar-refractivity contribution is -0.325. The normalized spacial score (nSPS) is 40.4. The van der Waals surface area contributed by atoms with Crippen LogP contribution < -0.4 is 27.0 Å². The fourth-order valence-electron chi connectivity index (χ4n) is 5.65. The van der Waals surface area contributed by atoms with Gasteiger partial charge in [-0.2, -0.15) is 0 Å². The molecule has 15 atom stereocenters. The molecule has 0 spiro atoms. The largest absolute Gasteiger partial charge is 0.479 e. The first-order chi connectivity index (χ1) is 21.8. The number of carboxylic acid groups (broad SMARTS) is 2. The second-order valence-corrected chi connectivity index (χ2v) is 11.4. The zero-order chi connectivity index (χ0) is 35.5. The summed E-state index contributed by atoms with van der Waals surface area (Å²) in [5.74, 6) is -6.26. The number of aliphatic hydroxyl groups is 3. The first-order valence-electron chi connectivity index (χ1n) is 14.4.